The highest BCUT2D eigenvalue weighted by Gasteiger charge is 2.30. The number of H-pyrrole nitrogens is 5. The molecule has 10 aromatic heterocycles. The van der Waals surface area contributed by atoms with Crippen molar-refractivity contribution < 1.29 is 55.2 Å². The third-order valence-corrected chi connectivity index (χ3v) is 31.9. The highest BCUT2D eigenvalue weighted by molar-refractivity contribution is 7.99. The summed E-state index contributed by atoms with van der Waals surface area (Å²) in [6, 6.07) is 26.8. The Morgan fingerprint density at radius 3 is 1.63 bits per heavy atom. The maximum Gasteiger partial charge on any atom is 0.337 e. The summed E-state index contributed by atoms with van der Waals surface area (Å²) < 4.78 is 82.3. The fourth-order valence-electron chi connectivity index (χ4n) is 17.2. The number of nitrogens with zero attached hydrogens (tertiary/aromatic N) is 14. The first kappa shape index (κ1) is 122. The molecule has 3 unspecified atom stereocenters. The third kappa shape index (κ3) is 36.3. The summed E-state index contributed by atoms with van der Waals surface area (Å²) in [5, 5.41) is 38.0. The number of fused-ring (bicyclic) bond motifs is 7. The number of ether oxygens (including phenoxy) is 5. The number of halogens is 4. The van der Waals surface area contributed by atoms with E-state index in [-0.39, 0.29) is 52.9 Å². The van der Waals surface area contributed by atoms with E-state index < -0.39 is 27.1 Å². The highest BCUT2D eigenvalue weighted by Crippen LogP contribution is 2.41. The Hall–Kier alpha value is -10.1. The van der Waals surface area contributed by atoms with E-state index in [1.54, 1.807) is 38.6 Å². The van der Waals surface area contributed by atoms with Crippen molar-refractivity contribution in [2.24, 2.45) is 0 Å². The smallest absolute Gasteiger partial charge is 0.337 e. The number of sulfone groups is 1. The topological polar surface area (TPSA) is 402 Å². The van der Waals surface area contributed by atoms with Gasteiger partial charge in [-0.1, -0.05) is 337 Å². The molecule has 3 atom stereocenters. The number of aromatic amines is 5. The van der Waals surface area contributed by atoms with Crippen LogP contribution in [0.3, 0.4) is 0 Å². The number of para-hydroxylation sites is 2. The van der Waals surface area contributed by atoms with Crippen LogP contribution < -0.4 is 37.9 Å². The first-order valence-electron chi connectivity index (χ1n) is 53.7. The maximum atomic E-state index is 12.4. The standard InChI is InChI=1S/C23H41ClN4O2S.C23H33N3O2S.C22H32ClN5O4S.C22H30ClN5O2.C20H27ClN4O2/c1-5-6-7-8-9-10-11-12-13-14-17-31(29,30)18-15-16-19-25-20(24)21-26-22(23(2,3)4)27-28(19)21;1-3-4-5-6-7-8-9-12-17(2)21-22(29-16-15-20(27)28)23-24-18-13-10-11-14-19(18)26(23)25-21;1-4-5-6-7-8-9-14-31-19-15-16(2)10-11-18(19)32-33(29)24-13-12-17-20(23)21-25-22(30-3)27-28(21)26-17;1-7-22(5,6)16-10-13(2)8-9-17(16)30-12-18(29)24-11-14(3)20-19(23)21-25-15(4)26-28(21)27-20;1-6-20(3,4)14-12-13(2)9-10-15(14)27-11-7-8-16-22-17(21)18-23-19(26-5)24-25(16)18/h5-18H2,1-4H3,(H,26,27);10-11,13-14,17,25H,3-9,12,15-16H2,1-2H3,(H,27,28);10-11,15,24,26H,4-9,12-14H2,1-3H3;8-10,14,27H,7,11-12H2,1-6H3,(H,24,29);9-10,12H,6-8,11H2,1-5H3,(H,23,24). The zero-order valence-corrected chi connectivity index (χ0v) is 97.4. The summed E-state index contributed by atoms with van der Waals surface area (Å²) in [7, 11) is 0.0279. The average Bonchev–Trinajstić information content (AvgIpc) is 1.59. The first-order valence-corrected chi connectivity index (χ1v) is 59.1. The number of carbonyl (C=O) groups excluding carboxylic acids is 1. The second kappa shape index (κ2) is 60.0. The van der Waals surface area contributed by atoms with Gasteiger partial charge in [-0.3, -0.25) is 30.0 Å². The van der Waals surface area contributed by atoms with Gasteiger partial charge in [-0.05, 0) is 137 Å². The van der Waals surface area contributed by atoms with Crippen LogP contribution in [0, 0.1) is 27.7 Å². The van der Waals surface area contributed by atoms with Crippen molar-refractivity contribution >= 4 is 130 Å². The van der Waals surface area contributed by atoms with Crippen molar-refractivity contribution in [1.82, 2.24) is 103 Å². The van der Waals surface area contributed by atoms with Gasteiger partial charge >= 0.3 is 18.0 Å². The van der Waals surface area contributed by atoms with E-state index in [1.807, 2.05) is 63.2 Å². The molecule has 14 aromatic rings. The zero-order valence-electron chi connectivity index (χ0n) is 91.9. The van der Waals surface area contributed by atoms with Crippen molar-refractivity contribution in [3.63, 3.8) is 0 Å². The number of aryl methyl sites for hydroxylation is 6. The minimum atomic E-state index is -3.02. The van der Waals surface area contributed by atoms with Crippen molar-refractivity contribution in [2.75, 3.05) is 64.4 Å². The Bertz CT molecular complexity index is 6700. The number of benzene rings is 4. The molecular weight excluding hydrogens is 2050 g/mol. The van der Waals surface area contributed by atoms with Crippen LogP contribution in [0.2, 0.25) is 20.4 Å². The molecule has 14 rings (SSSR count). The van der Waals surface area contributed by atoms with E-state index >= 15 is 0 Å². The number of hydrogen-bond donors (Lipinski definition) is 8. The summed E-state index contributed by atoms with van der Waals surface area (Å²) in [5.41, 5.74) is 13.7. The average molecular weight is 2210 g/mol. The molecule has 1 amide bonds. The monoisotopic (exact) mass is 2210 g/mol. The van der Waals surface area contributed by atoms with Gasteiger partial charge in [0, 0.05) is 55.0 Å². The van der Waals surface area contributed by atoms with Gasteiger partial charge < -0.3 is 38.3 Å². The van der Waals surface area contributed by atoms with E-state index in [9.17, 15) is 22.2 Å². The quantitative estimate of drug-likeness (QED) is 0.0130. The number of carboxylic acids is 1. The Labute approximate surface area is 912 Å². The summed E-state index contributed by atoms with van der Waals surface area (Å²) in [5.74, 6) is 6.28. The van der Waals surface area contributed by atoms with Crippen LogP contribution in [0.4, 0.5) is 0 Å². The molecule has 0 aliphatic heterocycles. The Kier molecular flexibility index (Phi) is 48.7. The van der Waals surface area contributed by atoms with Crippen LogP contribution in [0.5, 0.6) is 35.0 Å². The molecule has 0 fully saturated rings. The number of amides is 1. The van der Waals surface area contributed by atoms with Crippen LogP contribution in [0.15, 0.2) is 83.8 Å². The number of unbranched alkanes of at least 4 members (excludes halogenated alkanes) is 20. The highest BCUT2D eigenvalue weighted by atomic mass is 35.5. The summed E-state index contributed by atoms with van der Waals surface area (Å²) >= 11 is 25.0. The number of methoxy groups -OCH3 is 2. The van der Waals surface area contributed by atoms with Crippen LogP contribution in [-0.4, -0.2) is 187 Å². The Balaban J connectivity index is 0.000000192. The molecular formula is C110H163Cl4N21O12S3. The lowest BCUT2D eigenvalue weighted by Gasteiger charge is -2.26. The predicted octanol–water partition coefficient (Wildman–Crippen LogP) is 26.5. The number of rotatable bonds is 59. The third-order valence-electron chi connectivity index (χ3n) is 26.9. The minimum Gasteiger partial charge on any atom is -0.493 e. The van der Waals surface area contributed by atoms with Crippen LogP contribution in [-0.2, 0) is 66.2 Å². The second-order valence-electron chi connectivity index (χ2n) is 41.3. The molecule has 0 saturated heterocycles. The number of hydrogen-bond acceptors (Lipinski definition) is 21. The number of carbonyl (C=O) groups is 2. The fraction of sp³-hybridized carbons (Fsp3) is 0.591. The Morgan fingerprint density at radius 1 is 0.513 bits per heavy atom. The SMILES string of the molecule is CCC(C)(C)c1cc(C)ccc1OCC(=O)NCC(C)c1[nH]n2nc(C)nc2c1Cl.CCC(C)(C)c1cc(C)ccc1OCCCc1nc(Cl)c2nc(OC)[nH]n12.CCCCCCCCCC(C)c1[nH]n2c(nc3ccccc32)c1SCCC(=O)O.CCCCCCCCCCCCS(=O)(=O)CCCc1nc(Cl)c2nc(C(C)(C)C)[nH]n12.CCCCCCCCOc1cc(C)ccc1OS(=O)NCCc1[nH]n2nc(OC)nc2c1Cl. The van der Waals surface area contributed by atoms with Gasteiger partial charge in [0.1, 0.15) is 54.7 Å². The minimum absolute atomic E-state index is 0.0271. The van der Waals surface area contributed by atoms with Crippen molar-refractivity contribution in [3.8, 4) is 35.0 Å². The number of aliphatic carboxylic acids is 1. The molecule has 0 spiro atoms. The molecule has 8 N–H and O–H groups in total. The van der Waals surface area contributed by atoms with Crippen molar-refractivity contribution in [3.05, 3.63) is 167 Å². The Morgan fingerprint density at radius 2 is 1.05 bits per heavy atom. The molecule has 0 bridgehead atoms. The van der Waals surface area contributed by atoms with Gasteiger partial charge in [0.25, 0.3) is 17.2 Å². The van der Waals surface area contributed by atoms with Crippen LogP contribution in [0.1, 0.15) is 363 Å². The van der Waals surface area contributed by atoms with Gasteiger partial charge in [-0.15, -0.1) is 21.5 Å². The number of nitrogens with one attached hydrogen (secondary N) is 7. The largest absolute Gasteiger partial charge is 0.493 e. The maximum absolute atomic E-state index is 12.4. The summed E-state index contributed by atoms with van der Waals surface area (Å²) in [6.07, 6.45) is 34.9. The fourth-order valence-corrected chi connectivity index (χ4v) is 21.5. The van der Waals surface area contributed by atoms with Gasteiger partial charge in [0.05, 0.1) is 78.4 Å². The van der Waals surface area contributed by atoms with Crippen LogP contribution >= 0.6 is 58.2 Å². The molecule has 826 valence electrons. The molecule has 0 radical (unpaired) electrons. The van der Waals surface area contributed by atoms with E-state index in [1.165, 1.54) is 150 Å². The van der Waals surface area contributed by atoms with E-state index in [2.05, 4.69) is 214 Å². The summed E-state index contributed by atoms with van der Waals surface area (Å²) in [6.45, 7) is 40.4. The predicted molar refractivity (Wildman–Crippen MR) is 606 cm³/mol. The molecule has 33 nitrogen and oxygen atoms in total. The van der Waals surface area contributed by atoms with Gasteiger partial charge in [0.15, 0.2) is 56.6 Å². The second-order valence-corrected chi connectivity index (χ2v) is 47.1. The van der Waals surface area contributed by atoms with Gasteiger partial charge in [-0.25, -0.2) is 56.7 Å². The lowest BCUT2D eigenvalue weighted by Crippen LogP contribution is -2.32. The van der Waals surface area contributed by atoms with Crippen molar-refractivity contribution in [1.29, 1.82) is 0 Å². The lowest BCUT2D eigenvalue weighted by molar-refractivity contribution is -0.136. The molecule has 4 aromatic carbocycles. The molecule has 0 saturated carbocycles. The molecule has 150 heavy (non-hydrogen) atoms. The lowest BCUT2D eigenvalue weighted by atomic mass is 9.81. The van der Waals surface area contributed by atoms with Gasteiger partial charge in [0.2, 0.25) is 0 Å². The number of thioether (sulfide) groups is 1. The molecule has 10 heterocycles. The normalized spacial score (nSPS) is 12.5. The van der Waals surface area contributed by atoms with E-state index in [4.69, 9.17) is 84.4 Å². The van der Waals surface area contributed by atoms with E-state index in [0.717, 1.165) is 137 Å². The first-order chi connectivity index (χ1) is 71.7. The number of imidazole rings is 3. The molecule has 40 heteroatoms. The van der Waals surface area contributed by atoms with Gasteiger partial charge in [-0.2, -0.15) is 18.8 Å². The molecule has 0 aliphatic rings. The van der Waals surface area contributed by atoms with Crippen molar-refractivity contribution in [2.45, 2.75) is 363 Å². The summed E-state index contributed by atoms with van der Waals surface area (Å²) in [4.78, 5) is 55.3. The number of aromatic nitrogens is 19. The molecule has 0 aliphatic carbocycles. The number of carboxylic acid groups (broad SMARTS) is 1. The van der Waals surface area contributed by atoms with E-state index in [0.29, 0.717) is 129 Å². The van der Waals surface area contributed by atoms with Crippen LogP contribution in [0.25, 0.3) is 39.3 Å². The zero-order chi connectivity index (χ0) is 109.